The van der Waals surface area contributed by atoms with Crippen LogP contribution in [0.5, 0.6) is 0 Å². The predicted molar refractivity (Wildman–Crippen MR) is 163 cm³/mol. The number of hydrogen-bond donors (Lipinski definition) is 6. The lowest BCUT2D eigenvalue weighted by Crippen LogP contribution is -2.40. The lowest BCUT2D eigenvalue weighted by Gasteiger charge is -2.37. The number of fused-ring (bicyclic) bond motifs is 5. The van der Waals surface area contributed by atoms with Crippen LogP contribution in [0.1, 0.15) is 55.7 Å². The van der Waals surface area contributed by atoms with Crippen molar-refractivity contribution in [1.29, 1.82) is 0 Å². The molecule has 7 heterocycles. The molecule has 2 bridgehead atoms. The van der Waals surface area contributed by atoms with Gasteiger partial charge in [-0.25, -0.2) is 14.5 Å². The summed E-state index contributed by atoms with van der Waals surface area (Å²) in [7, 11) is -9.57. The van der Waals surface area contributed by atoms with Crippen molar-refractivity contribution in [3.05, 3.63) is 21.6 Å². The number of nitrogens with one attached hydrogen (secondary N) is 1. The fourth-order valence-corrected chi connectivity index (χ4v) is 10.9. The highest BCUT2D eigenvalue weighted by Crippen LogP contribution is 2.67. The molecule has 8 rings (SSSR count). The maximum atomic E-state index is 14.5. The summed E-state index contributed by atoms with van der Waals surface area (Å²) in [5, 5.41) is 17.7. The molecule has 0 radical (unpaired) electrons. The van der Waals surface area contributed by atoms with Crippen LogP contribution >= 0.6 is 27.0 Å². The van der Waals surface area contributed by atoms with Crippen LogP contribution in [0.3, 0.4) is 0 Å². The van der Waals surface area contributed by atoms with E-state index in [0.717, 1.165) is 16.2 Å². The number of nitrogens with two attached hydrogens (primary N) is 2. The molecule has 21 nitrogen and oxygen atoms in total. The minimum Gasteiger partial charge on any atom is -0.387 e. The summed E-state index contributed by atoms with van der Waals surface area (Å²) in [5.74, 6) is -0.0880. The van der Waals surface area contributed by atoms with Crippen LogP contribution in [-0.2, 0) is 32.2 Å². The molecule has 8 N–H and O–H groups in total. The van der Waals surface area contributed by atoms with E-state index in [1.807, 2.05) is 0 Å². The van der Waals surface area contributed by atoms with Crippen molar-refractivity contribution < 1.29 is 47.1 Å². The Balaban J connectivity index is 1.18. The second-order valence-corrected chi connectivity index (χ2v) is 16.7. The van der Waals surface area contributed by atoms with Crippen LogP contribution in [0.15, 0.2) is 11.1 Å². The summed E-state index contributed by atoms with van der Waals surface area (Å²) >= 11 is 1.08. The number of aliphatic hydroxyl groups excluding tert-OH is 1. The zero-order valence-electron chi connectivity index (χ0n) is 24.8. The van der Waals surface area contributed by atoms with Gasteiger partial charge in [0.2, 0.25) is 5.95 Å². The molecule has 258 valence electrons. The molecule has 3 saturated heterocycles. The van der Waals surface area contributed by atoms with Crippen molar-refractivity contribution >= 4 is 60.9 Å². The van der Waals surface area contributed by atoms with Gasteiger partial charge in [0, 0.05) is 6.42 Å². The van der Waals surface area contributed by atoms with Crippen molar-refractivity contribution in [3.63, 3.8) is 0 Å². The van der Waals surface area contributed by atoms with Crippen LogP contribution in [0.4, 0.5) is 11.8 Å². The van der Waals surface area contributed by atoms with Crippen molar-refractivity contribution in [2.75, 3.05) is 18.1 Å². The molecule has 0 amide bonds. The van der Waals surface area contributed by atoms with Crippen LogP contribution in [-0.4, -0.2) is 96.5 Å². The number of ether oxygens (including phenoxy) is 2. The second-order valence-electron chi connectivity index (χ2n) is 12.2. The van der Waals surface area contributed by atoms with Gasteiger partial charge in [-0.1, -0.05) is 18.1 Å². The van der Waals surface area contributed by atoms with Gasteiger partial charge in [0.15, 0.2) is 23.2 Å². The summed E-state index contributed by atoms with van der Waals surface area (Å²) in [6.07, 6.45) is -5.98. The molecular weight excluding hydrogens is 698 g/mol. The van der Waals surface area contributed by atoms with Crippen molar-refractivity contribution in [1.82, 2.24) is 39.3 Å². The van der Waals surface area contributed by atoms with Gasteiger partial charge < -0.3 is 35.8 Å². The van der Waals surface area contributed by atoms with E-state index < -0.39 is 75.6 Å². The molecule has 3 aliphatic heterocycles. The first-order valence-corrected chi connectivity index (χ1v) is 18.8. The van der Waals surface area contributed by atoms with Crippen molar-refractivity contribution in [2.45, 2.75) is 86.5 Å². The molecule has 9 atom stereocenters. The van der Waals surface area contributed by atoms with Gasteiger partial charge in [-0.05, 0) is 30.8 Å². The van der Waals surface area contributed by atoms with Gasteiger partial charge in [-0.2, -0.15) is 14.0 Å². The number of H-pyrrole nitrogens is 1. The number of phosphoric ester groups is 1. The van der Waals surface area contributed by atoms with E-state index in [2.05, 4.69) is 34.6 Å². The third-order valence-electron chi connectivity index (χ3n) is 9.37. The van der Waals surface area contributed by atoms with Gasteiger partial charge in [-0.3, -0.25) is 27.9 Å². The molecule has 4 aromatic rings. The molecule has 1 saturated carbocycles. The number of aromatic nitrogens is 8. The van der Waals surface area contributed by atoms with Gasteiger partial charge in [-0.15, -0.1) is 5.10 Å². The highest BCUT2D eigenvalue weighted by atomic mass is 32.1. The van der Waals surface area contributed by atoms with E-state index >= 15 is 0 Å². The third kappa shape index (κ3) is 5.26. The molecule has 4 aromatic heterocycles. The highest BCUT2D eigenvalue weighted by molar-refractivity contribution is 7.54. The molecular formula is C24H30N10O11P2S. The number of aliphatic hydroxyl groups is 1. The third-order valence-corrected chi connectivity index (χ3v) is 13.7. The molecule has 4 fully saturated rings. The maximum absolute atomic E-state index is 14.5. The summed E-state index contributed by atoms with van der Waals surface area (Å²) in [6.45, 7) is -0.702. The van der Waals surface area contributed by atoms with Crippen LogP contribution in [0.2, 0.25) is 0 Å². The maximum Gasteiger partial charge on any atom is 0.472 e. The molecule has 2 unspecified atom stereocenters. The van der Waals surface area contributed by atoms with E-state index in [4.69, 9.17) is 34.5 Å². The minimum atomic E-state index is -4.86. The normalized spacial score (nSPS) is 37.0. The van der Waals surface area contributed by atoms with Gasteiger partial charge >= 0.3 is 15.4 Å². The molecule has 1 spiro atoms. The fourth-order valence-electron chi connectivity index (χ4n) is 7.04. The molecule has 0 aromatic carbocycles. The number of hydrogen-bond acceptors (Lipinski definition) is 18. The monoisotopic (exact) mass is 728 g/mol. The summed E-state index contributed by atoms with van der Waals surface area (Å²) in [6, 6.07) is 0. The lowest BCUT2D eigenvalue weighted by atomic mass is 9.95. The Hall–Kier alpha value is -3.01. The Morgan fingerprint density at radius 3 is 2.62 bits per heavy atom. The first-order chi connectivity index (χ1) is 22.8. The van der Waals surface area contributed by atoms with Crippen LogP contribution in [0, 0.1) is 0 Å². The Morgan fingerprint density at radius 1 is 1.04 bits per heavy atom. The SMILES string of the molecule is Nc1nc2c(nnn2[C@@H]2O[C@@H]3COP(=O)(O)O[C@H]4C[C@H](c5snc6c(N)ncnc56)O[C@@H]4CC4(CCCC4)P(=O)(O)O[C@@H]2[C@@H]3O)c(=O)[nH]1. The fraction of sp³-hybridized carbons (Fsp3) is 0.625. The van der Waals surface area contributed by atoms with Crippen LogP contribution < -0.4 is 17.0 Å². The zero-order chi connectivity index (χ0) is 33.6. The summed E-state index contributed by atoms with van der Waals surface area (Å²) < 4.78 is 62.6. The Bertz CT molecular complexity index is 2060. The number of rotatable bonds is 2. The standard InChI is InChI=1S/C24H30N10O11P2S/c25-19-14-13(27-8-28-19)18(48-32-14)10-5-9-11(42-10)6-24(3-1-2-4-24)46(37,38)45-17-16(35)12(7-41-47(39,40)44-9)43-22(17)34-20-15(31-33-34)21(36)30-23(26)29-20/h8-12,16-17,22,35H,1-7H2,(H,37,38)(H,39,40)(H2,25,27,28)(H3,26,29,30,36)/t9-,10+,11+,12+,16+,17+,22+/m0/s1. The molecule has 4 aliphatic rings. The predicted octanol–water partition coefficient (Wildman–Crippen LogP) is 0.656. The molecule has 48 heavy (non-hydrogen) atoms. The summed E-state index contributed by atoms with van der Waals surface area (Å²) in [5.41, 5.74) is 11.5. The number of anilines is 2. The van der Waals surface area contributed by atoms with E-state index in [0.29, 0.717) is 28.8 Å². The first-order valence-electron chi connectivity index (χ1n) is 15.0. The lowest BCUT2D eigenvalue weighted by molar-refractivity contribution is -0.0607. The van der Waals surface area contributed by atoms with Crippen molar-refractivity contribution in [3.8, 4) is 0 Å². The first kappa shape index (κ1) is 32.2. The van der Waals surface area contributed by atoms with Gasteiger partial charge in [0.25, 0.3) is 5.56 Å². The van der Waals surface area contributed by atoms with E-state index in [1.165, 1.54) is 6.33 Å². The van der Waals surface area contributed by atoms with E-state index in [1.54, 1.807) is 0 Å². The number of nitrogens with zero attached hydrogens (tertiary/aromatic N) is 7. The number of nitrogen functional groups attached to an aromatic ring is 2. The van der Waals surface area contributed by atoms with Gasteiger partial charge in [0.05, 0.1) is 35.0 Å². The topological polar surface area (TPSA) is 308 Å². The number of aromatic amines is 1. The smallest absolute Gasteiger partial charge is 0.387 e. The Morgan fingerprint density at radius 2 is 1.83 bits per heavy atom. The average molecular weight is 729 g/mol. The minimum absolute atomic E-state index is 0.0638. The molecule has 1 aliphatic carbocycles. The second kappa shape index (κ2) is 11.5. The van der Waals surface area contributed by atoms with E-state index in [-0.39, 0.29) is 48.6 Å². The van der Waals surface area contributed by atoms with Gasteiger partial charge in [0.1, 0.15) is 35.7 Å². The quantitative estimate of drug-likeness (QED) is 0.154. The zero-order valence-corrected chi connectivity index (χ0v) is 27.4. The highest BCUT2D eigenvalue weighted by Gasteiger charge is 2.59. The molecule has 24 heteroatoms. The Kier molecular flexibility index (Phi) is 7.73. The summed E-state index contributed by atoms with van der Waals surface area (Å²) in [4.78, 5) is 50.3. The largest absolute Gasteiger partial charge is 0.472 e. The van der Waals surface area contributed by atoms with Crippen LogP contribution in [0.25, 0.3) is 22.2 Å². The average Bonchev–Trinajstić information content (AvgIpc) is 3.85. The Labute approximate surface area is 273 Å². The van der Waals surface area contributed by atoms with E-state index in [9.17, 15) is 28.8 Å². The number of phosphoric acid groups is 1. The van der Waals surface area contributed by atoms with Crippen molar-refractivity contribution in [2.24, 2.45) is 0 Å².